The molecule has 1 N–H and O–H groups in total. The molecule has 0 aliphatic carbocycles. The number of aromatic nitrogens is 3. The van der Waals surface area contributed by atoms with Gasteiger partial charge in [0.05, 0.1) is 11.9 Å². The summed E-state index contributed by atoms with van der Waals surface area (Å²) in [6.07, 6.45) is 3.55. The summed E-state index contributed by atoms with van der Waals surface area (Å²) in [6.45, 7) is 4.27. The molecule has 0 saturated carbocycles. The maximum atomic E-state index is 13.1. The van der Waals surface area contributed by atoms with Gasteiger partial charge in [0.15, 0.2) is 0 Å². The molecule has 136 valence electrons. The van der Waals surface area contributed by atoms with Crippen molar-refractivity contribution in [1.29, 1.82) is 0 Å². The second-order valence-corrected chi connectivity index (χ2v) is 7.34. The van der Waals surface area contributed by atoms with Gasteiger partial charge in [-0.25, -0.2) is 13.9 Å². The van der Waals surface area contributed by atoms with E-state index in [4.69, 9.17) is 0 Å². The number of carbonyl (C=O) groups is 1. The lowest BCUT2D eigenvalue weighted by Crippen LogP contribution is -2.40. The predicted octanol–water partition coefficient (Wildman–Crippen LogP) is 2.95. The number of rotatable bonds is 4. The van der Waals surface area contributed by atoms with E-state index in [2.05, 4.69) is 20.3 Å². The number of halogens is 1. The maximum absolute atomic E-state index is 13.1. The molecule has 4 rings (SSSR count). The van der Waals surface area contributed by atoms with Gasteiger partial charge >= 0.3 is 0 Å². The number of anilines is 1. The number of benzene rings is 1. The molecule has 0 bridgehead atoms. The van der Waals surface area contributed by atoms with Crippen LogP contribution >= 0.6 is 11.3 Å². The zero-order valence-corrected chi connectivity index (χ0v) is 15.3. The largest absolute Gasteiger partial charge is 0.356 e. The van der Waals surface area contributed by atoms with Gasteiger partial charge in [0.2, 0.25) is 16.0 Å². The monoisotopic (exact) mass is 373 g/mol. The number of nitrogens with zero attached hydrogens (tertiary/aromatic N) is 4. The first-order chi connectivity index (χ1) is 12.6. The Labute approximate surface area is 154 Å². The Morgan fingerprint density at radius 3 is 2.69 bits per heavy atom. The highest BCUT2D eigenvalue weighted by Crippen LogP contribution is 2.29. The van der Waals surface area contributed by atoms with Crippen LogP contribution in [0.5, 0.6) is 0 Å². The second-order valence-electron chi connectivity index (χ2n) is 6.40. The molecule has 3 aromatic rings. The third-order valence-electron chi connectivity index (χ3n) is 4.66. The first kappa shape index (κ1) is 17.0. The summed E-state index contributed by atoms with van der Waals surface area (Å²) >= 11 is 1.53. The van der Waals surface area contributed by atoms with Crippen LogP contribution in [0.2, 0.25) is 0 Å². The predicted molar refractivity (Wildman–Crippen MR) is 99.9 cm³/mol. The molecule has 3 heterocycles. The summed E-state index contributed by atoms with van der Waals surface area (Å²) in [5.41, 5.74) is 1.65. The van der Waals surface area contributed by atoms with Gasteiger partial charge in [-0.15, -0.1) is 5.10 Å². The zero-order valence-electron chi connectivity index (χ0n) is 14.5. The summed E-state index contributed by atoms with van der Waals surface area (Å²) in [5, 5.41) is 8.46. The van der Waals surface area contributed by atoms with E-state index in [1.54, 1.807) is 16.6 Å². The molecule has 2 aromatic heterocycles. The van der Waals surface area contributed by atoms with Gasteiger partial charge in [0, 0.05) is 31.1 Å². The highest BCUT2D eigenvalue weighted by Gasteiger charge is 2.26. The number of carbonyl (C=O) groups excluding carboxylic acids is 1. The van der Waals surface area contributed by atoms with Crippen molar-refractivity contribution < 1.29 is 9.18 Å². The van der Waals surface area contributed by atoms with Crippen molar-refractivity contribution in [2.75, 3.05) is 24.5 Å². The Morgan fingerprint density at radius 1 is 1.31 bits per heavy atom. The van der Waals surface area contributed by atoms with Crippen molar-refractivity contribution in [2.24, 2.45) is 5.92 Å². The van der Waals surface area contributed by atoms with E-state index in [9.17, 15) is 9.18 Å². The molecule has 6 nitrogen and oxygen atoms in total. The molecule has 1 aliphatic heterocycles. The first-order valence-electron chi connectivity index (χ1n) is 8.79. The van der Waals surface area contributed by atoms with E-state index in [1.165, 1.54) is 23.5 Å². The zero-order chi connectivity index (χ0) is 18.1. The smallest absolute Gasteiger partial charge is 0.223 e. The summed E-state index contributed by atoms with van der Waals surface area (Å²) < 4.78 is 14.8. The number of hydrogen-bond donors (Lipinski definition) is 1. The van der Waals surface area contributed by atoms with Gasteiger partial charge in [-0.1, -0.05) is 11.3 Å². The van der Waals surface area contributed by atoms with Crippen LogP contribution in [-0.4, -0.2) is 40.1 Å². The standard InChI is InChI=1S/C18H20FN5OS/c1-2-20-16(25)13-7-9-23(10-8-13)18-22-24-11-15(21-17(24)26-18)12-3-5-14(19)6-4-12/h3-6,11,13H,2,7-10H2,1H3,(H,20,25). The van der Waals surface area contributed by atoms with E-state index in [1.807, 2.05) is 13.1 Å². The lowest BCUT2D eigenvalue weighted by Gasteiger charge is -2.30. The van der Waals surface area contributed by atoms with E-state index in [-0.39, 0.29) is 17.6 Å². The van der Waals surface area contributed by atoms with Gasteiger partial charge in [-0.3, -0.25) is 4.79 Å². The molecule has 0 unspecified atom stereocenters. The quantitative estimate of drug-likeness (QED) is 0.764. The summed E-state index contributed by atoms with van der Waals surface area (Å²) in [6, 6.07) is 6.30. The van der Waals surface area contributed by atoms with Gasteiger partial charge < -0.3 is 10.2 Å². The molecule has 1 saturated heterocycles. The van der Waals surface area contributed by atoms with Crippen LogP contribution in [0.3, 0.4) is 0 Å². The van der Waals surface area contributed by atoms with Gasteiger partial charge in [0.1, 0.15) is 5.82 Å². The number of fused-ring (bicyclic) bond motifs is 1. The van der Waals surface area contributed by atoms with Crippen LogP contribution in [0.1, 0.15) is 19.8 Å². The van der Waals surface area contributed by atoms with Crippen LogP contribution in [0.15, 0.2) is 30.5 Å². The lowest BCUT2D eigenvalue weighted by molar-refractivity contribution is -0.125. The van der Waals surface area contributed by atoms with Crippen LogP contribution < -0.4 is 10.2 Å². The van der Waals surface area contributed by atoms with Crippen molar-refractivity contribution in [3.8, 4) is 11.3 Å². The van der Waals surface area contributed by atoms with Crippen molar-refractivity contribution >= 4 is 27.3 Å². The van der Waals surface area contributed by atoms with Crippen molar-refractivity contribution in [3.05, 3.63) is 36.3 Å². The minimum Gasteiger partial charge on any atom is -0.356 e. The third kappa shape index (κ3) is 3.29. The highest BCUT2D eigenvalue weighted by molar-refractivity contribution is 7.20. The van der Waals surface area contributed by atoms with Gasteiger partial charge in [-0.05, 0) is 44.0 Å². The Kier molecular flexibility index (Phi) is 4.58. The van der Waals surface area contributed by atoms with Crippen LogP contribution in [-0.2, 0) is 4.79 Å². The fourth-order valence-electron chi connectivity index (χ4n) is 3.23. The second kappa shape index (κ2) is 7.03. The van der Waals surface area contributed by atoms with Crippen molar-refractivity contribution in [2.45, 2.75) is 19.8 Å². The molecule has 26 heavy (non-hydrogen) atoms. The molecule has 0 atom stereocenters. The molecule has 8 heteroatoms. The molecule has 0 spiro atoms. The molecule has 1 amide bonds. The van der Waals surface area contributed by atoms with E-state index >= 15 is 0 Å². The number of piperidine rings is 1. The lowest BCUT2D eigenvalue weighted by atomic mass is 9.96. The Hall–Kier alpha value is -2.48. The van der Waals surface area contributed by atoms with Crippen LogP contribution in [0.25, 0.3) is 16.2 Å². The molecule has 0 radical (unpaired) electrons. The fraction of sp³-hybridized carbons (Fsp3) is 0.389. The Balaban J connectivity index is 1.46. The molecular weight excluding hydrogens is 353 g/mol. The van der Waals surface area contributed by atoms with E-state index in [0.29, 0.717) is 6.54 Å². The number of hydrogen-bond acceptors (Lipinski definition) is 5. The summed E-state index contributed by atoms with van der Waals surface area (Å²) in [5.74, 6) is -0.00319. The Morgan fingerprint density at radius 2 is 2.04 bits per heavy atom. The first-order valence-corrected chi connectivity index (χ1v) is 9.60. The topological polar surface area (TPSA) is 62.5 Å². The fourth-order valence-corrected chi connectivity index (χ4v) is 4.16. The highest BCUT2D eigenvalue weighted by atomic mass is 32.1. The maximum Gasteiger partial charge on any atom is 0.223 e. The van der Waals surface area contributed by atoms with E-state index < -0.39 is 0 Å². The number of amides is 1. The third-order valence-corrected chi connectivity index (χ3v) is 5.64. The average molecular weight is 373 g/mol. The van der Waals surface area contributed by atoms with Crippen LogP contribution in [0, 0.1) is 11.7 Å². The van der Waals surface area contributed by atoms with Gasteiger partial charge in [-0.2, -0.15) is 0 Å². The number of imidazole rings is 1. The van der Waals surface area contributed by atoms with E-state index in [0.717, 1.165) is 47.3 Å². The molecule has 1 fully saturated rings. The van der Waals surface area contributed by atoms with Crippen LogP contribution in [0.4, 0.5) is 9.52 Å². The normalized spacial score (nSPS) is 15.5. The minimum atomic E-state index is -0.258. The average Bonchev–Trinajstić information content (AvgIpc) is 3.22. The number of nitrogens with one attached hydrogen (secondary N) is 1. The van der Waals surface area contributed by atoms with Crippen molar-refractivity contribution in [3.63, 3.8) is 0 Å². The Bertz CT molecular complexity index is 880. The molecule has 1 aliphatic rings. The molecule has 1 aromatic carbocycles. The SMILES string of the molecule is CCNC(=O)C1CCN(c2nn3cc(-c4ccc(F)cc4)nc3s2)CC1. The summed E-state index contributed by atoms with van der Waals surface area (Å²) in [7, 11) is 0. The minimum absolute atomic E-state index is 0.0975. The molecular formula is C18H20FN5OS. The van der Waals surface area contributed by atoms with Crippen molar-refractivity contribution in [1.82, 2.24) is 19.9 Å². The van der Waals surface area contributed by atoms with Gasteiger partial charge in [0.25, 0.3) is 0 Å². The summed E-state index contributed by atoms with van der Waals surface area (Å²) in [4.78, 5) is 19.6.